The van der Waals surface area contributed by atoms with Crippen molar-refractivity contribution in [3.63, 3.8) is 0 Å². The van der Waals surface area contributed by atoms with Crippen LogP contribution in [-0.4, -0.2) is 16.4 Å². The number of nitrogens with two attached hydrogens (primary N) is 1. The van der Waals surface area contributed by atoms with Gasteiger partial charge in [-0.25, -0.2) is 0 Å². The van der Waals surface area contributed by atoms with E-state index >= 15 is 0 Å². The molecule has 1 rings (SSSR count). The van der Waals surface area contributed by atoms with Crippen LogP contribution in [0.25, 0.3) is 0 Å². The fraction of sp³-hybridized carbons (Fsp3) is 0.333. The maximum Gasteiger partial charge on any atom is 0.252 e. The summed E-state index contributed by atoms with van der Waals surface area (Å²) in [6.07, 6.45) is 0. The van der Waals surface area contributed by atoms with Crippen molar-refractivity contribution in [2.45, 2.75) is 26.3 Å². The first-order chi connectivity index (χ1) is 7.74. The lowest BCUT2D eigenvalue weighted by Gasteiger charge is -2.25. The van der Waals surface area contributed by atoms with Crippen molar-refractivity contribution < 1.29 is 4.79 Å². The molecule has 5 heteroatoms. The summed E-state index contributed by atoms with van der Waals surface area (Å²) in [6, 6.07) is 5.10. The Kier molecular flexibility index (Phi) is 4.11. The normalized spacial score (nSPS) is 11.1. The molecule has 1 aromatic carbocycles. The molecule has 0 aromatic heterocycles. The average Bonchev–Trinajstić information content (AvgIpc) is 2.15. The Morgan fingerprint density at radius 2 is 2.06 bits per heavy atom. The zero-order chi connectivity index (χ0) is 13.2. The van der Waals surface area contributed by atoms with Crippen molar-refractivity contribution in [2.24, 2.45) is 5.73 Å². The number of carbonyl (C=O) groups is 1. The van der Waals surface area contributed by atoms with Crippen molar-refractivity contribution in [1.29, 1.82) is 0 Å². The molecule has 92 valence electrons. The maximum absolute atomic E-state index is 12.0. The van der Waals surface area contributed by atoms with Crippen LogP contribution in [-0.2, 0) is 0 Å². The zero-order valence-corrected chi connectivity index (χ0v) is 11.6. The van der Waals surface area contributed by atoms with Crippen LogP contribution >= 0.6 is 23.8 Å². The third kappa shape index (κ3) is 3.41. The van der Waals surface area contributed by atoms with Crippen LogP contribution in [0.5, 0.6) is 0 Å². The molecule has 3 N–H and O–H groups in total. The lowest BCUT2D eigenvalue weighted by Crippen LogP contribution is -2.52. The molecular weight excluding hydrogens is 256 g/mol. The van der Waals surface area contributed by atoms with E-state index in [-0.39, 0.29) is 10.9 Å². The number of rotatable bonds is 3. The van der Waals surface area contributed by atoms with Crippen molar-refractivity contribution in [3.8, 4) is 0 Å². The third-order valence-corrected chi connectivity index (χ3v) is 3.22. The second-order valence-electron chi connectivity index (χ2n) is 4.40. The van der Waals surface area contributed by atoms with Gasteiger partial charge in [-0.1, -0.05) is 23.8 Å². The maximum atomic E-state index is 12.0. The highest BCUT2D eigenvalue weighted by atomic mass is 35.5. The fourth-order valence-corrected chi connectivity index (χ4v) is 1.57. The van der Waals surface area contributed by atoms with Crippen molar-refractivity contribution >= 4 is 34.7 Å². The number of amides is 1. The first-order valence-corrected chi connectivity index (χ1v) is 5.91. The minimum Gasteiger partial charge on any atom is -0.391 e. The predicted molar refractivity (Wildman–Crippen MR) is 74.5 cm³/mol. The number of aryl methyl sites for hydroxylation is 1. The highest BCUT2D eigenvalue weighted by Crippen LogP contribution is 2.16. The van der Waals surface area contributed by atoms with E-state index in [1.807, 2.05) is 6.92 Å². The predicted octanol–water partition coefficient (Wildman–Crippen LogP) is 2.44. The van der Waals surface area contributed by atoms with Crippen LogP contribution in [0.3, 0.4) is 0 Å². The van der Waals surface area contributed by atoms with Crippen molar-refractivity contribution in [3.05, 3.63) is 34.3 Å². The molecule has 0 radical (unpaired) electrons. The molecule has 0 bridgehead atoms. The SMILES string of the molecule is Cc1cc(Cl)ccc1C(=O)NC(C)(C)C(N)=S. The molecule has 0 saturated carbocycles. The summed E-state index contributed by atoms with van der Waals surface area (Å²) >= 11 is 10.7. The molecule has 0 heterocycles. The summed E-state index contributed by atoms with van der Waals surface area (Å²) in [6.45, 7) is 5.35. The van der Waals surface area contributed by atoms with Gasteiger partial charge in [0.2, 0.25) is 0 Å². The van der Waals surface area contributed by atoms with E-state index in [2.05, 4.69) is 5.32 Å². The molecule has 1 aromatic rings. The molecular formula is C12H15ClN2OS. The van der Waals surface area contributed by atoms with Crippen LogP contribution < -0.4 is 11.1 Å². The summed E-state index contributed by atoms with van der Waals surface area (Å²) < 4.78 is 0. The minimum atomic E-state index is -0.710. The van der Waals surface area contributed by atoms with Gasteiger partial charge in [0.1, 0.15) is 0 Å². The van der Waals surface area contributed by atoms with E-state index in [9.17, 15) is 4.79 Å². The van der Waals surface area contributed by atoms with Crippen LogP contribution in [0.4, 0.5) is 0 Å². The lowest BCUT2D eigenvalue weighted by molar-refractivity contribution is 0.0931. The number of hydrogen-bond donors (Lipinski definition) is 2. The van der Waals surface area contributed by atoms with Gasteiger partial charge in [0.25, 0.3) is 5.91 Å². The Morgan fingerprint density at radius 1 is 1.47 bits per heavy atom. The molecule has 0 spiro atoms. The van der Waals surface area contributed by atoms with E-state index in [0.29, 0.717) is 10.6 Å². The molecule has 0 fully saturated rings. The van der Waals surface area contributed by atoms with Gasteiger partial charge in [0, 0.05) is 10.6 Å². The standard InChI is InChI=1S/C12H15ClN2OS/c1-7-6-8(13)4-5-9(7)10(16)15-12(2,3)11(14)17/h4-6H,1-3H3,(H2,14,17)(H,15,16). The second kappa shape index (κ2) is 5.02. The molecule has 0 atom stereocenters. The number of hydrogen-bond acceptors (Lipinski definition) is 2. The minimum absolute atomic E-state index is 0.211. The Labute approximate surface area is 111 Å². The van der Waals surface area contributed by atoms with E-state index in [4.69, 9.17) is 29.6 Å². The average molecular weight is 271 g/mol. The summed E-state index contributed by atoms with van der Waals surface area (Å²) in [4.78, 5) is 12.3. The molecule has 0 aliphatic carbocycles. The Bertz CT molecular complexity index is 472. The number of nitrogens with one attached hydrogen (secondary N) is 1. The molecule has 3 nitrogen and oxygen atoms in total. The quantitative estimate of drug-likeness (QED) is 0.830. The molecule has 0 saturated heterocycles. The Balaban J connectivity index is 2.95. The third-order valence-electron chi connectivity index (χ3n) is 2.48. The number of carbonyl (C=O) groups excluding carboxylic acids is 1. The van der Waals surface area contributed by atoms with Gasteiger partial charge in [-0.05, 0) is 44.5 Å². The first-order valence-electron chi connectivity index (χ1n) is 5.12. The molecule has 17 heavy (non-hydrogen) atoms. The summed E-state index contributed by atoms with van der Waals surface area (Å²) in [5.41, 5.74) is 6.23. The summed E-state index contributed by atoms with van der Waals surface area (Å²) in [5.74, 6) is -0.211. The second-order valence-corrected chi connectivity index (χ2v) is 5.28. The van der Waals surface area contributed by atoms with Crippen LogP contribution in [0.2, 0.25) is 5.02 Å². The van der Waals surface area contributed by atoms with Gasteiger partial charge < -0.3 is 11.1 Å². The lowest BCUT2D eigenvalue weighted by atomic mass is 10.0. The van der Waals surface area contributed by atoms with Gasteiger partial charge in [0.05, 0.1) is 10.5 Å². The van der Waals surface area contributed by atoms with Gasteiger partial charge in [0.15, 0.2) is 0 Å². The van der Waals surface area contributed by atoms with Gasteiger partial charge in [-0.15, -0.1) is 0 Å². The van der Waals surface area contributed by atoms with Crippen LogP contribution in [0, 0.1) is 6.92 Å². The first kappa shape index (κ1) is 13.9. The van der Waals surface area contributed by atoms with Gasteiger partial charge >= 0.3 is 0 Å². The summed E-state index contributed by atoms with van der Waals surface area (Å²) in [7, 11) is 0. The van der Waals surface area contributed by atoms with Crippen LogP contribution in [0.1, 0.15) is 29.8 Å². The highest BCUT2D eigenvalue weighted by molar-refractivity contribution is 7.80. The number of halogens is 1. The topological polar surface area (TPSA) is 55.1 Å². The van der Waals surface area contributed by atoms with Gasteiger partial charge in [-0.2, -0.15) is 0 Å². The highest BCUT2D eigenvalue weighted by Gasteiger charge is 2.24. The van der Waals surface area contributed by atoms with Gasteiger partial charge in [-0.3, -0.25) is 4.79 Å². The summed E-state index contributed by atoms with van der Waals surface area (Å²) in [5, 5.41) is 3.39. The molecule has 1 amide bonds. The molecule has 0 unspecified atom stereocenters. The molecule has 0 aliphatic heterocycles. The molecule has 0 aliphatic rings. The Hall–Kier alpha value is -1.13. The van der Waals surface area contributed by atoms with E-state index in [1.54, 1.807) is 32.0 Å². The zero-order valence-electron chi connectivity index (χ0n) is 10.0. The van der Waals surface area contributed by atoms with Crippen molar-refractivity contribution in [2.75, 3.05) is 0 Å². The monoisotopic (exact) mass is 270 g/mol. The van der Waals surface area contributed by atoms with Crippen LogP contribution in [0.15, 0.2) is 18.2 Å². The number of benzene rings is 1. The van der Waals surface area contributed by atoms with E-state index in [1.165, 1.54) is 0 Å². The van der Waals surface area contributed by atoms with E-state index < -0.39 is 5.54 Å². The number of thiocarbonyl (C=S) groups is 1. The Morgan fingerprint density at radius 3 is 2.53 bits per heavy atom. The smallest absolute Gasteiger partial charge is 0.252 e. The largest absolute Gasteiger partial charge is 0.391 e. The van der Waals surface area contributed by atoms with Crippen molar-refractivity contribution in [1.82, 2.24) is 5.32 Å². The fourth-order valence-electron chi connectivity index (χ4n) is 1.29. The van der Waals surface area contributed by atoms with E-state index in [0.717, 1.165) is 5.56 Å².